The van der Waals surface area contributed by atoms with Crippen molar-refractivity contribution in [1.82, 2.24) is 0 Å². The molecule has 3 rings (SSSR count). The molecule has 1 atom stereocenters. The molecular formula is C22H30O2Si. The number of benzene rings is 2. The van der Waals surface area contributed by atoms with Gasteiger partial charge in [0.25, 0.3) is 8.32 Å². The minimum Gasteiger partial charge on any atom is -0.407 e. The molecule has 0 bridgehead atoms. The van der Waals surface area contributed by atoms with Gasteiger partial charge in [-0.2, -0.15) is 0 Å². The summed E-state index contributed by atoms with van der Waals surface area (Å²) in [4.78, 5) is 0. The van der Waals surface area contributed by atoms with Crippen molar-refractivity contribution in [2.45, 2.75) is 51.7 Å². The van der Waals surface area contributed by atoms with E-state index in [2.05, 4.69) is 81.4 Å². The van der Waals surface area contributed by atoms with E-state index in [-0.39, 0.29) is 16.6 Å². The van der Waals surface area contributed by atoms with Crippen LogP contribution in [0.25, 0.3) is 0 Å². The van der Waals surface area contributed by atoms with E-state index in [1.807, 2.05) is 6.92 Å². The molecule has 1 N–H and O–H groups in total. The fourth-order valence-corrected chi connectivity index (χ4v) is 8.52. The van der Waals surface area contributed by atoms with Crippen LogP contribution in [0.2, 0.25) is 5.04 Å². The van der Waals surface area contributed by atoms with Crippen molar-refractivity contribution in [2.75, 3.05) is 6.61 Å². The molecule has 1 saturated carbocycles. The molecular weight excluding hydrogens is 324 g/mol. The van der Waals surface area contributed by atoms with Crippen molar-refractivity contribution in [2.24, 2.45) is 5.41 Å². The number of aliphatic hydroxyl groups is 1. The SMILES string of the molecule is CC(O)C1(CO[Si](c2ccccc2)(c2ccccc2)C(C)(C)C)CC1. The average Bonchev–Trinajstić information content (AvgIpc) is 3.37. The topological polar surface area (TPSA) is 29.5 Å². The third-order valence-electron chi connectivity index (χ3n) is 5.77. The van der Waals surface area contributed by atoms with Crippen LogP contribution in [0.3, 0.4) is 0 Å². The van der Waals surface area contributed by atoms with E-state index in [0.717, 1.165) is 12.8 Å². The molecule has 0 saturated heterocycles. The van der Waals surface area contributed by atoms with Crippen LogP contribution in [0.1, 0.15) is 40.5 Å². The summed E-state index contributed by atoms with van der Waals surface area (Å²) in [5.41, 5.74) is -0.0486. The van der Waals surface area contributed by atoms with Gasteiger partial charge in [-0.25, -0.2) is 0 Å². The fraction of sp³-hybridized carbons (Fsp3) is 0.455. The summed E-state index contributed by atoms with van der Waals surface area (Å²) in [6.07, 6.45) is 1.80. The van der Waals surface area contributed by atoms with Gasteiger partial charge in [0.15, 0.2) is 0 Å². The van der Waals surface area contributed by atoms with Crippen molar-refractivity contribution >= 4 is 18.7 Å². The molecule has 0 spiro atoms. The van der Waals surface area contributed by atoms with Crippen LogP contribution in [0, 0.1) is 5.41 Å². The Balaban J connectivity index is 2.09. The predicted molar refractivity (Wildman–Crippen MR) is 107 cm³/mol. The Labute approximate surface area is 153 Å². The van der Waals surface area contributed by atoms with Gasteiger partial charge in [0.1, 0.15) is 0 Å². The van der Waals surface area contributed by atoms with E-state index in [4.69, 9.17) is 4.43 Å². The third kappa shape index (κ3) is 3.33. The van der Waals surface area contributed by atoms with Crippen molar-refractivity contribution < 1.29 is 9.53 Å². The number of hydrogen-bond acceptors (Lipinski definition) is 2. The number of aliphatic hydroxyl groups excluding tert-OH is 1. The Kier molecular flexibility index (Phi) is 4.93. The molecule has 0 radical (unpaired) electrons. The highest BCUT2D eigenvalue weighted by atomic mass is 28.4. The lowest BCUT2D eigenvalue weighted by molar-refractivity contribution is 0.0693. The Morgan fingerprint density at radius 3 is 1.72 bits per heavy atom. The molecule has 0 heterocycles. The first kappa shape index (κ1) is 18.4. The minimum absolute atomic E-state index is 0.00944. The largest absolute Gasteiger partial charge is 0.407 e. The van der Waals surface area contributed by atoms with E-state index in [1.54, 1.807) is 0 Å². The second-order valence-corrected chi connectivity index (χ2v) is 12.8. The van der Waals surface area contributed by atoms with Gasteiger partial charge in [-0.3, -0.25) is 0 Å². The molecule has 2 nitrogen and oxygen atoms in total. The van der Waals surface area contributed by atoms with Gasteiger partial charge in [0, 0.05) is 12.0 Å². The molecule has 1 fully saturated rings. The van der Waals surface area contributed by atoms with Crippen molar-refractivity contribution in [3.05, 3.63) is 60.7 Å². The highest BCUT2D eigenvalue weighted by Gasteiger charge is 2.54. The van der Waals surface area contributed by atoms with Crippen LogP contribution < -0.4 is 10.4 Å². The van der Waals surface area contributed by atoms with E-state index < -0.39 is 8.32 Å². The molecule has 1 unspecified atom stereocenters. The summed E-state index contributed by atoms with van der Waals surface area (Å²) in [7, 11) is -2.48. The molecule has 25 heavy (non-hydrogen) atoms. The molecule has 2 aromatic carbocycles. The van der Waals surface area contributed by atoms with Gasteiger partial charge in [0.05, 0.1) is 6.10 Å². The van der Waals surface area contributed by atoms with Gasteiger partial charge in [-0.1, -0.05) is 81.4 Å². The van der Waals surface area contributed by atoms with E-state index >= 15 is 0 Å². The van der Waals surface area contributed by atoms with Gasteiger partial charge in [0.2, 0.25) is 0 Å². The fourth-order valence-electron chi connectivity index (χ4n) is 3.86. The van der Waals surface area contributed by atoms with Crippen LogP contribution in [0.15, 0.2) is 60.7 Å². The summed E-state index contributed by atoms with van der Waals surface area (Å²) < 4.78 is 6.93. The Bertz CT molecular complexity index is 645. The first-order valence-electron chi connectivity index (χ1n) is 9.25. The zero-order valence-corrected chi connectivity index (χ0v) is 16.8. The van der Waals surface area contributed by atoms with Crippen LogP contribution in [-0.2, 0) is 4.43 Å². The van der Waals surface area contributed by atoms with Gasteiger partial charge in [-0.05, 0) is 35.2 Å². The summed E-state index contributed by atoms with van der Waals surface area (Å²) in [5, 5.41) is 12.8. The summed E-state index contributed by atoms with van der Waals surface area (Å²) >= 11 is 0. The minimum atomic E-state index is -2.48. The smallest absolute Gasteiger partial charge is 0.261 e. The first-order valence-corrected chi connectivity index (χ1v) is 11.2. The maximum Gasteiger partial charge on any atom is 0.261 e. The van der Waals surface area contributed by atoms with Crippen molar-refractivity contribution in [3.63, 3.8) is 0 Å². The number of rotatable bonds is 6. The maximum absolute atomic E-state index is 10.2. The average molecular weight is 355 g/mol. The number of hydrogen-bond donors (Lipinski definition) is 1. The third-order valence-corrected chi connectivity index (χ3v) is 10.8. The highest BCUT2D eigenvalue weighted by Crippen LogP contribution is 2.50. The quantitative estimate of drug-likeness (QED) is 0.801. The van der Waals surface area contributed by atoms with Gasteiger partial charge in [-0.15, -0.1) is 0 Å². The van der Waals surface area contributed by atoms with Crippen LogP contribution >= 0.6 is 0 Å². The summed E-state index contributed by atoms with van der Waals surface area (Å²) in [5.74, 6) is 0. The zero-order chi connectivity index (χ0) is 18.1. The van der Waals surface area contributed by atoms with Gasteiger partial charge >= 0.3 is 0 Å². The molecule has 2 aromatic rings. The zero-order valence-electron chi connectivity index (χ0n) is 15.8. The molecule has 0 aliphatic heterocycles. The van der Waals surface area contributed by atoms with E-state index in [1.165, 1.54) is 10.4 Å². The van der Waals surface area contributed by atoms with Gasteiger partial charge < -0.3 is 9.53 Å². The lowest BCUT2D eigenvalue weighted by atomic mass is 10.0. The van der Waals surface area contributed by atoms with E-state index in [0.29, 0.717) is 6.61 Å². The second kappa shape index (κ2) is 6.71. The molecule has 1 aliphatic carbocycles. The van der Waals surface area contributed by atoms with Crippen LogP contribution in [0.5, 0.6) is 0 Å². The Hall–Kier alpha value is -1.42. The van der Waals surface area contributed by atoms with E-state index in [9.17, 15) is 5.11 Å². The van der Waals surface area contributed by atoms with Crippen molar-refractivity contribution in [1.29, 1.82) is 0 Å². The molecule has 0 aromatic heterocycles. The molecule has 1 aliphatic rings. The lowest BCUT2D eigenvalue weighted by Gasteiger charge is -2.44. The summed E-state index contributed by atoms with van der Waals surface area (Å²) in [6.45, 7) is 9.42. The first-order chi connectivity index (χ1) is 11.8. The van der Waals surface area contributed by atoms with Crippen LogP contribution in [0.4, 0.5) is 0 Å². The standard InChI is InChI=1S/C22H30O2Si/c1-18(23)22(15-16-22)17-24-25(21(2,3)4,19-11-7-5-8-12-19)20-13-9-6-10-14-20/h5-14,18,23H,15-17H2,1-4H3. The normalized spacial score (nSPS) is 18.0. The summed E-state index contributed by atoms with van der Waals surface area (Å²) in [6, 6.07) is 21.4. The second-order valence-electron chi connectivity index (χ2n) is 8.49. The maximum atomic E-state index is 10.2. The molecule has 3 heteroatoms. The predicted octanol–water partition coefficient (Wildman–Crippen LogP) is 3.72. The molecule has 134 valence electrons. The monoisotopic (exact) mass is 354 g/mol. The van der Waals surface area contributed by atoms with Crippen LogP contribution in [-0.4, -0.2) is 26.1 Å². The Morgan fingerprint density at radius 1 is 0.960 bits per heavy atom. The Morgan fingerprint density at radius 2 is 1.40 bits per heavy atom. The highest BCUT2D eigenvalue weighted by molar-refractivity contribution is 6.99. The lowest BCUT2D eigenvalue weighted by Crippen LogP contribution is -2.67. The molecule has 0 amide bonds. The van der Waals surface area contributed by atoms with Crippen molar-refractivity contribution in [3.8, 4) is 0 Å².